The Kier molecular flexibility index (Phi) is 6.67. The van der Waals surface area contributed by atoms with Gasteiger partial charge in [0.25, 0.3) is 0 Å². The Hall–Kier alpha value is -2.75. The summed E-state index contributed by atoms with van der Waals surface area (Å²) in [6.45, 7) is 7.80. The molecule has 0 aliphatic carbocycles. The minimum atomic E-state index is -0.900. The van der Waals surface area contributed by atoms with E-state index in [0.717, 1.165) is 28.6 Å². The molecule has 1 heterocycles. The van der Waals surface area contributed by atoms with Crippen molar-refractivity contribution >= 4 is 23.7 Å². The fourth-order valence-corrected chi connectivity index (χ4v) is 3.36. The molecule has 0 saturated heterocycles. The molecule has 1 atom stereocenters. The number of aromatic nitrogens is 3. The number of aryl methyl sites for hydroxylation is 2. The molecular weight excluding hydrogens is 368 g/mol. The van der Waals surface area contributed by atoms with E-state index in [1.54, 1.807) is 0 Å². The number of imide groups is 1. The zero-order chi connectivity index (χ0) is 20.1. The summed E-state index contributed by atoms with van der Waals surface area (Å²) in [5.74, 6) is 6.61. The van der Waals surface area contributed by atoms with Gasteiger partial charge in [-0.15, -0.1) is 10.2 Å². The topological polar surface area (TPSA) is 138 Å². The van der Waals surface area contributed by atoms with Crippen LogP contribution in [-0.4, -0.2) is 32.1 Å². The molecule has 10 heteroatoms. The average Bonchev–Trinajstić information content (AvgIpc) is 2.91. The van der Waals surface area contributed by atoms with Crippen LogP contribution in [0.15, 0.2) is 23.4 Å². The molecule has 3 amide bonds. The molecule has 2 aromatic rings. The van der Waals surface area contributed by atoms with Crippen LogP contribution in [0.5, 0.6) is 5.75 Å². The minimum Gasteiger partial charge on any atom is -0.485 e. The maximum absolute atomic E-state index is 12.1. The summed E-state index contributed by atoms with van der Waals surface area (Å²) in [7, 11) is 0. The first-order valence-corrected chi connectivity index (χ1v) is 9.23. The van der Waals surface area contributed by atoms with Crippen LogP contribution < -0.4 is 21.6 Å². The fraction of sp³-hybridized carbons (Fsp3) is 0.412. The Bertz CT molecular complexity index is 836. The Balaban J connectivity index is 2.09. The smallest absolute Gasteiger partial charge is 0.318 e. The predicted molar refractivity (Wildman–Crippen MR) is 103 cm³/mol. The maximum Gasteiger partial charge on any atom is 0.318 e. The van der Waals surface area contributed by atoms with E-state index in [9.17, 15) is 9.59 Å². The van der Waals surface area contributed by atoms with Gasteiger partial charge < -0.3 is 16.3 Å². The average molecular weight is 392 g/mol. The third-order valence-corrected chi connectivity index (χ3v) is 5.27. The number of thioether (sulfide) groups is 1. The quantitative estimate of drug-likeness (QED) is 0.479. The number of urea groups is 1. The zero-order valence-electron chi connectivity index (χ0n) is 15.7. The van der Waals surface area contributed by atoms with Crippen LogP contribution in [0.2, 0.25) is 0 Å². The van der Waals surface area contributed by atoms with E-state index < -0.39 is 17.2 Å². The van der Waals surface area contributed by atoms with Crippen LogP contribution in [0.3, 0.4) is 0 Å². The second-order valence-electron chi connectivity index (χ2n) is 6.46. The molecule has 2 rings (SSSR count). The Morgan fingerprint density at radius 1 is 1.30 bits per heavy atom. The Morgan fingerprint density at radius 2 is 2.00 bits per heavy atom. The lowest BCUT2D eigenvalue weighted by molar-refractivity contribution is -0.120. The number of nitrogens with one attached hydrogen (secondary N) is 1. The molecule has 0 aliphatic rings. The lowest BCUT2D eigenvalue weighted by Crippen LogP contribution is -2.42. The van der Waals surface area contributed by atoms with E-state index in [4.69, 9.17) is 16.3 Å². The summed E-state index contributed by atoms with van der Waals surface area (Å²) in [5, 5.41) is 9.88. The summed E-state index contributed by atoms with van der Waals surface area (Å²) < 4.78 is 7.05. The highest BCUT2D eigenvalue weighted by atomic mass is 32.2. The van der Waals surface area contributed by atoms with Crippen molar-refractivity contribution in [1.29, 1.82) is 0 Å². The zero-order valence-corrected chi connectivity index (χ0v) is 16.5. The van der Waals surface area contributed by atoms with Gasteiger partial charge in [-0.25, -0.2) is 9.47 Å². The van der Waals surface area contributed by atoms with Crippen molar-refractivity contribution in [2.45, 2.75) is 44.7 Å². The SMILES string of the molecule is Cc1ccc(OCc2nnc(S[C@@H](C(=O)NC(N)=O)C(C)C)n2N)c(C)c1. The van der Waals surface area contributed by atoms with Crippen LogP contribution in [-0.2, 0) is 11.4 Å². The number of rotatable bonds is 7. The lowest BCUT2D eigenvalue weighted by Gasteiger charge is -2.18. The molecule has 0 aliphatic heterocycles. The third kappa shape index (κ3) is 5.36. The number of benzene rings is 1. The first-order valence-electron chi connectivity index (χ1n) is 8.35. The molecule has 1 aromatic heterocycles. The molecule has 0 radical (unpaired) electrons. The van der Waals surface area contributed by atoms with Gasteiger partial charge in [0.1, 0.15) is 12.4 Å². The number of nitrogen functional groups attached to an aromatic ring is 1. The molecule has 27 heavy (non-hydrogen) atoms. The van der Waals surface area contributed by atoms with Gasteiger partial charge in [0.2, 0.25) is 11.1 Å². The van der Waals surface area contributed by atoms with E-state index in [2.05, 4.69) is 15.5 Å². The van der Waals surface area contributed by atoms with Crippen LogP contribution in [0.4, 0.5) is 4.79 Å². The summed E-state index contributed by atoms with van der Waals surface area (Å²) in [4.78, 5) is 23.1. The number of hydrogen-bond donors (Lipinski definition) is 3. The standard InChI is InChI=1S/C17H24N6O3S/c1-9(2)14(15(24)20-16(18)25)27-17-22-21-13(23(17)19)8-26-12-6-5-10(3)7-11(12)4/h5-7,9,14H,8,19H2,1-4H3,(H3,18,20,24,25)/t14-/m1/s1. The monoisotopic (exact) mass is 392 g/mol. The molecule has 1 aromatic carbocycles. The second-order valence-corrected chi connectivity index (χ2v) is 7.57. The molecule has 0 fully saturated rings. The van der Waals surface area contributed by atoms with Crippen molar-refractivity contribution < 1.29 is 14.3 Å². The van der Waals surface area contributed by atoms with Gasteiger partial charge in [-0.3, -0.25) is 10.1 Å². The number of primary amides is 1. The fourth-order valence-electron chi connectivity index (χ4n) is 2.39. The normalized spacial score (nSPS) is 12.0. The van der Waals surface area contributed by atoms with E-state index in [-0.39, 0.29) is 12.5 Å². The molecule has 0 bridgehead atoms. The lowest BCUT2D eigenvalue weighted by atomic mass is 10.1. The van der Waals surface area contributed by atoms with Gasteiger partial charge in [0.05, 0.1) is 5.25 Å². The van der Waals surface area contributed by atoms with E-state index in [1.807, 2.05) is 45.9 Å². The Morgan fingerprint density at radius 3 is 2.59 bits per heavy atom. The van der Waals surface area contributed by atoms with Crippen molar-refractivity contribution in [3.8, 4) is 5.75 Å². The number of nitrogens with two attached hydrogens (primary N) is 2. The number of carbonyl (C=O) groups is 2. The minimum absolute atomic E-state index is 0.0824. The predicted octanol–water partition coefficient (Wildman–Crippen LogP) is 1.50. The van der Waals surface area contributed by atoms with E-state index in [0.29, 0.717) is 11.0 Å². The van der Waals surface area contributed by atoms with Crippen molar-refractivity contribution in [3.63, 3.8) is 0 Å². The van der Waals surface area contributed by atoms with Gasteiger partial charge in [-0.05, 0) is 31.4 Å². The molecule has 0 unspecified atom stereocenters. The number of nitrogens with zero attached hydrogens (tertiary/aromatic N) is 3. The van der Waals surface area contributed by atoms with Crippen LogP contribution in [0, 0.1) is 19.8 Å². The van der Waals surface area contributed by atoms with E-state index in [1.165, 1.54) is 4.68 Å². The van der Waals surface area contributed by atoms with Gasteiger partial charge >= 0.3 is 6.03 Å². The largest absolute Gasteiger partial charge is 0.485 e. The second kappa shape index (κ2) is 8.76. The number of carbonyl (C=O) groups excluding carboxylic acids is 2. The molecule has 0 saturated carbocycles. The molecule has 9 nitrogen and oxygen atoms in total. The van der Waals surface area contributed by atoms with Crippen molar-refractivity contribution in [3.05, 3.63) is 35.2 Å². The highest BCUT2D eigenvalue weighted by molar-refractivity contribution is 8.00. The molecule has 0 spiro atoms. The van der Waals surface area contributed by atoms with Crippen molar-refractivity contribution in [2.75, 3.05) is 5.84 Å². The number of hydrogen-bond acceptors (Lipinski definition) is 7. The summed E-state index contributed by atoms with van der Waals surface area (Å²) in [5.41, 5.74) is 7.18. The van der Waals surface area contributed by atoms with Gasteiger partial charge in [-0.2, -0.15) is 0 Å². The van der Waals surface area contributed by atoms with Gasteiger partial charge in [0.15, 0.2) is 5.82 Å². The van der Waals surface area contributed by atoms with Crippen LogP contribution in [0.25, 0.3) is 0 Å². The first-order chi connectivity index (χ1) is 12.7. The highest BCUT2D eigenvalue weighted by Crippen LogP contribution is 2.27. The van der Waals surface area contributed by atoms with Crippen LogP contribution in [0.1, 0.15) is 30.8 Å². The highest BCUT2D eigenvalue weighted by Gasteiger charge is 2.27. The van der Waals surface area contributed by atoms with Crippen molar-refractivity contribution in [1.82, 2.24) is 20.2 Å². The number of amides is 3. The third-order valence-electron chi connectivity index (χ3n) is 3.77. The van der Waals surface area contributed by atoms with Gasteiger partial charge in [-0.1, -0.05) is 43.3 Å². The summed E-state index contributed by atoms with van der Waals surface area (Å²) in [6, 6.07) is 4.97. The summed E-state index contributed by atoms with van der Waals surface area (Å²) in [6.07, 6.45) is 0. The molecular formula is C17H24N6O3S. The maximum atomic E-state index is 12.1. The molecule has 5 N–H and O–H groups in total. The van der Waals surface area contributed by atoms with E-state index >= 15 is 0 Å². The van der Waals surface area contributed by atoms with Crippen LogP contribution >= 0.6 is 11.8 Å². The number of ether oxygens (including phenoxy) is 1. The first kappa shape index (κ1) is 20.6. The molecule has 146 valence electrons. The Labute approximate surface area is 161 Å². The summed E-state index contributed by atoms with van der Waals surface area (Å²) >= 11 is 1.11. The van der Waals surface area contributed by atoms with Crippen molar-refractivity contribution in [2.24, 2.45) is 11.7 Å². The van der Waals surface area contributed by atoms with Gasteiger partial charge in [0, 0.05) is 0 Å².